The van der Waals surface area contributed by atoms with Crippen molar-refractivity contribution in [2.75, 3.05) is 31.1 Å². The highest BCUT2D eigenvalue weighted by molar-refractivity contribution is 5.96. The lowest BCUT2D eigenvalue weighted by Gasteiger charge is -2.39. The molecule has 4 aromatic carbocycles. The maximum Gasteiger partial charge on any atom is 0.251 e. The molecule has 232 valence electrons. The molecule has 5 aliphatic heterocycles. The minimum atomic E-state index is -0.0646. The molecule has 0 aliphatic carbocycles. The number of carbonyl (C=O) groups is 1. The summed E-state index contributed by atoms with van der Waals surface area (Å²) in [4.78, 5) is 16.2. The molecular weight excluding hydrogens is 568 g/mol. The van der Waals surface area contributed by atoms with Gasteiger partial charge in [0.1, 0.15) is 24.6 Å². The molecule has 3 N–H and O–H groups in total. The Morgan fingerprint density at radius 3 is 2.43 bits per heavy atom. The molecule has 0 bridgehead atoms. The number of amides is 1. The Bertz CT molecular complexity index is 2040. The van der Waals surface area contributed by atoms with Crippen LogP contribution in [0.4, 0.5) is 5.69 Å². The maximum atomic E-state index is 13.6. The van der Waals surface area contributed by atoms with Gasteiger partial charge in [-0.25, -0.2) is 4.58 Å². The molecular formula is C40H41N4O2+. The molecule has 0 radical (unpaired) electrons. The largest absolute Gasteiger partial charge is 0.455 e. The van der Waals surface area contributed by atoms with Gasteiger partial charge in [0, 0.05) is 77.8 Å². The lowest BCUT2D eigenvalue weighted by Crippen LogP contribution is -2.45. The number of rotatable bonds is 5. The highest BCUT2D eigenvalue weighted by Crippen LogP contribution is 2.48. The van der Waals surface area contributed by atoms with Crippen LogP contribution < -0.4 is 35.8 Å². The molecule has 6 heteroatoms. The normalized spacial score (nSPS) is 17.4. The number of fused-ring (bicyclic) bond motifs is 4. The Kier molecular flexibility index (Phi) is 6.74. The summed E-state index contributed by atoms with van der Waals surface area (Å²) in [5, 5.41) is 5.77. The van der Waals surface area contributed by atoms with Crippen LogP contribution in [0.1, 0.15) is 80.5 Å². The van der Waals surface area contributed by atoms with Gasteiger partial charge in [-0.2, -0.15) is 0 Å². The molecule has 0 fully saturated rings. The van der Waals surface area contributed by atoms with E-state index in [4.69, 9.17) is 10.5 Å². The van der Waals surface area contributed by atoms with E-state index in [1.165, 1.54) is 62.5 Å². The van der Waals surface area contributed by atoms with E-state index in [0.717, 1.165) is 92.9 Å². The van der Waals surface area contributed by atoms with Crippen LogP contribution in [-0.2, 0) is 38.8 Å². The van der Waals surface area contributed by atoms with E-state index in [-0.39, 0.29) is 5.91 Å². The average Bonchev–Trinajstić information content (AvgIpc) is 3.11. The van der Waals surface area contributed by atoms with Gasteiger partial charge in [-0.15, -0.1) is 0 Å². The number of nitrogens with one attached hydrogen (secondary N) is 1. The first-order valence-corrected chi connectivity index (χ1v) is 17.3. The van der Waals surface area contributed by atoms with Crippen molar-refractivity contribution < 1.29 is 9.53 Å². The fraction of sp³-hybridized carbons (Fsp3) is 0.350. The number of benzene rings is 4. The summed E-state index contributed by atoms with van der Waals surface area (Å²) < 4.78 is 9.79. The Hall–Kier alpha value is -4.42. The van der Waals surface area contributed by atoms with E-state index < -0.39 is 0 Å². The molecule has 0 atom stereocenters. The van der Waals surface area contributed by atoms with Crippen molar-refractivity contribution in [1.29, 1.82) is 0 Å². The Labute approximate surface area is 270 Å². The van der Waals surface area contributed by atoms with Gasteiger partial charge in [0.05, 0.1) is 5.56 Å². The minimum Gasteiger partial charge on any atom is -0.455 e. The van der Waals surface area contributed by atoms with Crippen LogP contribution in [0.2, 0.25) is 0 Å². The summed E-state index contributed by atoms with van der Waals surface area (Å²) >= 11 is 0. The molecule has 0 saturated heterocycles. The van der Waals surface area contributed by atoms with Crippen LogP contribution in [0, 0.1) is 0 Å². The van der Waals surface area contributed by atoms with Crippen molar-refractivity contribution in [1.82, 2.24) is 9.89 Å². The monoisotopic (exact) mass is 609 g/mol. The SMILES string of the molecule is NCc1ccc(CNC(=O)c2cccc(C3=c4cc5c6c(c4Oc4c3cc3c7c4CCCN7CCC3)CCC[N+]=6CCC5)c2)cc1. The number of nitrogens with two attached hydrogens (primary N) is 1. The highest BCUT2D eigenvalue weighted by atomic mass is 16.5. The van der Waals surface area contributed by atoms with Crippen LogP contribution >= 0.6 is 0 Å². The number of hydrogen-bond donors (Lipinski definition) is 2. The lowest BCUT2D eigenvalue weighted by atomic mass is 9.82. The molecule has 46 heavy (non-hydrogen) atoms. The van der Waals surface area contributed by atoms with Crippen LogP contribution in [0.3, 0.4) is 0 Å². The second-order valence-corrected chi connectivity index (χ2v) is 13.6. The zero-order valence-electron chi connectivity index (χ0n) is 26.5. The number of aryl methyl sites for hydroxylation is 2. The van der Waals surface area contributed by atoms with Crippen LogP contribution in [0.15, 0.2) is 60.7 Å². The second-order valence-electron chi connectivity index (χ2n) is 13.6. The minimum absolute atomic E-state index is 0.0646. The number of anilines is 1. The van der Waals surface area contributed by atoms with E-state index in [1.54, 1.807) is 0 Å². The fourth-order valence-corrected chi connectivity index (χ4v) is 8.72. The summed E-state index contributed by atoms with van der Waals surface area (Å²) in [5.74, 6) is 2.03. The zero-order valence-corrected chi connectivity index (χ0v) is 26.5. The second kappa shape index (κ2) is 11.1. The Balaban J connectivity index is 1.22. The molecule has 5 heterocycles. The van der Waals surface area contributed by atoms with Crippen LogP contribution in [0.25, 0.3) is 5.57 Å². The van der Waals surface area contributed by atoms with Gasteiger partial charge < -0.3 is 20.7 Å². The molecule has 4 aromatic rings. The van der Waals surface area contributed by atoms with Gasteiger partial charge in [-0.1, -0.05) is 36.4 Å². The van der Waals surface area contributed by atoms with Crippen molar-refractivity contribution in [3.05, 3.63) is 121 Å². The van der Waals surface area contributed by atoms with Gasteiger partial charge in [-0.05, 0) is 85.0 Å². The standard InChI is InChI=1S/C40H40N4O2/c41-23-25-12-14-26(15-13-25)24-42-40(45)30-7-1-6-27(20-30)35-33-21-28-8-2-16-43-18-4-10-31(36(28)43)38(33)46-39-32-11-5-19-44-17-3-9-29(37(32)44)22-34(35)39/h1,6-7,12-15,20-22H,2-5,8-11,16-19,23-24,41H2/p+1. The summed E-state index contributed by atoms with van der Waals surface area (Å²) in [7, 11) is 0. The van der Waals surface area contributed by atoms with Crippen molar-refractivity contribution in [3.8, 4) is 11.5 Å². The van der Waals surface area contributed by atoms with E-state index in [1.807, 2.05) is 36.4 Å². The van der Waals surface area contributed by atoms with E-state index in [2.05, 4.69) is 39.1 Å². The third-order valence-corrected chi connectivity index (χ3v) is 10.8. The zero-order chi connectivity index (χ0) is 30.8. The van der Waals surface area contributed by atoms with Gasteiger partial charge in [0.25, 0.3) is 5.91 Å². The van der Waals surface area contributed by atoms with Gasteiger partial charge in [0.2, 0.25) is 5.36 Å². The number of hydrogen-bond acceptors (Lipinski definition) is 4. The molecule has 9 rings (SSSR count). The number of carbonyl (C=O) groups excluding carboxylic acids is 1. The van der Waals surface area contributed by atoms with Gasteiger partial charge >= 0.3 is 0 Å². The van der Waals surface area contributed by atoms with E-state index in [9.17, 15) is 4.79 Å². The summed E-state index contributed by atoms with van der Waals surface area (Å²) in [6.45, 7) is 5.52. The predicted octanol–water partition coefficient (Wildman–Crippen LogP) is 4.51. The van der Waals surface area contributed by atoms with Crippen molar-refractivity contribution in [3.63, 3.8) is 0 Å². The molecule has 1 amide bonds. The van der Waals surface area contributed by atoms with Crippen LogP contribution in [0.5, 0.6) is 11.5 Å². The van der Waals surface area contributed by atoms with Crippen molar-refractivity contribution >= 4 is 17.2 Å². The Morgan fingerprint density at radius 2 is 1.59 bits per heavy atom. The predicted molar refractivity (Wildman–Crippen MR) is 182 cm³/mol. The first kappa shape index (κ1) is 27.9. The molecule has 0 aromatic heterocycles. The number of nitrogens with zero attached hydrogens (tertiary/aromatic N) is 2. The first-order valence-electron chi connectivity index (χ1n) is 17.3. The Morgan fingerprint density at radius 1 is 0.826 bits per heavy atom. The van der Waals surface area contributed by atoms with Gasteiger partial charge in [0.15, 0.2) is 0 Å². The quantitative estimate of drug-likeness (QED) is 0.288. The molecule has 0 unspecified atom stereocenters. The molecule has 0 saturated carbocycles. The molecule has 0 spiro atoms. The smallest absolute Gasteiger partial charge is 0.251 e. The summed E-state index contributed by atoms with van der Waals surface area (Å²) in [6, 6.07) is 21.2. The average molecular weight is 610 g/mol. The topological polar surface area (TPSA) is 70.6 Å². The summed E-state index contributed by atoms with van der Waals surface area (Å²) in [5.41, 5.74) is 19.2. The summed E-state index contributed by atoms with van der Waals surface area (Å²) in [6.07, 6.45) is 8.99. The molecule has 6 nitrogen and oxygen atoms in total. The van der Waals surface area contributed by atoms with Crippen molar-refractivity contribution in [2.24, 2.45) is 5.73 Å². The van der Waals surface area contributed by atoms with Gasteiger partial charge in [-0.3, -0.25) is 4.79 Å². The highest BCUT2D eigenvalue weighted by Gasteiger charge is 2.35. The third-order valence-electron chi connectivity index (χ3n) is 10.8. The molecule has 5 aliphatic rings. The van der Waals surface area contributed by atoms with Crippen molar-refractivity contribution in [2.45, 2.75) is 64.5 Å². The van der Waals surface area contributed by atoms with Crippen LogP contribution in [-0.4, -0.2) is 32.1 Å². The third kappa shape index (κ3) is 4.49. The van der Waals surface area contributed by atoms with E-state index in [0.29, 0.717) is 18.7 Å². The first-order chi connectivity index (χ1) is 22.7. The fourth-order valence-electron chi connectivity index (χ4n) is 8.72. The maximum absolute atomic E-state index is 13.6. The number of ether oxygens (including phenoxy) is 1. The van der Waals surface area contributed by atoms with E-state index >= 15 is 0 Å². The lowest BCUT2D eigenvalue weighted by molar-refractivity contribution is 0.0951.